The minimum Gasteiger partial charge on any atom is -0.496 e. The van der Waals surface area contributed by atoms with Crippen molar-refractivity contribution in [2.45, 2.75) is 20.0 Å². The summed E-state index contributed by atoms with van der Waals surface area (Å²) in [4.78, 5) is 7.66. The summed E-state index contributed by atoms with van der Waals surface area (Å²) in [6.45, 7) is 4.73. The van der Waals surface area contributed by atoms with Gasteiger partial charge in [0.2, 0.25) is 0 Å². The SMILES string of the molecule is CN=C(NCCOCc1ccccc1OC)NCCc1c[nH]c2c(C)cccc12.I. The molecule has 6 nitrogen and oxygen atoms in total. The van der Waals surface area contributed by atoms with Crippen LogP contribution in [0.2, 0.25) is 0 Å². The minimum absolute atomic E-state index is 0. The maximum absolute atomic E-state index is 5.75. The van der Waals surface area contributed by atoms with Gasteiger partial charge in [0.1, 0.15) is 5.75 Å². The highest BCUT2D eigenvalue weighted by Gasteiger charge is 2.06. The number of aromatic amines is 1. The van der Waals surface area contributed by atoms with E-state index in [-0.39, 0.29) is 24.0 Å². The highest BCUT2D eigenvalue weighted by molar-refractivity contribution is 14.0. The fourth-order valence-corrected chi connectivity index (χ4v) is 3.35. The number of benzene rings is 2. The van der Waals surface area contributed by atoms with Crippen molar-refractivity contribution in [1.29, 1.82) is 0 Å². The number of aliphatic imine (C=N–C) groups is 1. The first-order valence-electron chi connectivity index (χ1n) is 9.92. The van der Waals surface area contributed by atoms with Crippen molar-refractivity contribution >= 4 is 40.8 Å². The molecule has 30 heavy (non-hydrogen) atoms. The van der Waals surface area contributed by atoms with Gasteiger partial charge in [-0.3, -0.25) is 4.99 Å². The third kappa shape index (κ3) is 6.37. The number of hydrogen-bond acceptors (Lipinski definition) is 3. The summed E-state index contributed by atoms with van der Waals surface area (Å²) in [5, 5.41) is 7.94. The van der Waals surface area contributed by atoms with Crippen LogP contribution in [0.1, 0.15) is 16.7 Å². The van der Waals surface area contributed by atoms with Crippen LogP contribution in [0.25, 0.3) is 10.9 Å². The van der Waals surface area contributed by atoms with Gasteiger partial charge in [0, 0.05) is 42.8 Å². The second kappa shape index (κ2) is 12.4. The molecule has 7 heteroatoms. The number of hydrogen-bond donors (Lipinski definition) is 3. The Kier molecular flexibility index (Phi) is 9.96. The molecule has 0 spiro atoms. The average Bonchev–Trinajstić information content (AvgIpc) is 3.17. The molecule has 0 saturated carbocycles. The summed E-state index contributed by atoms with van der Waals surface area (Å²) in [7, 11) is 3.45. The van der Waals surface area contributed by atoms with Gasteiger partial charge in [-0.25, -0.2) is 0 Å². The Morgan fingerprint density at radius 1 is 1.03 bits per heavy atom. The van der Waals surface area contributed by atoms with Crippen LogP contribution < -0.4 is 15.4 Å². The predicted molar refractivity (Wildman–Crippen MR) is 134 cm³/mol. The molecule has 0 saturated heterocycles. The molecule has 0 amide bonds. The Bertz CT molecular complexity index is 955. The number of para-hydroxylation sites is 2. The monoisotopic (exact) mass is 522 g/mol. The Hall–Kier alpha value is -2.26. The van der Waals surface area contributed by atoms with E-state index in [0.29, 0.717) is 19.8 Å². The Morgan fingerprint density at radius 3 is 2.63 bits per heavy atom. The van der Waals surface area contributed by atoms with Gasteiger partial charge in [-0.15, -0.1) is 24.0 Å². The molecule has 0 unspecified atom stereocenters. The van der Waals surface area contributed by atoms with Gasteiger partial charge in [0.05, 0.1) is 20.3 Å². The van der Waals surface area contributed by atoms with Crippen LogP contribution in [0, 0.1) is 6.92 Å². The Balaban J connectivity index is 0.00000320. The molecule has 0 aliphatic heterocycles. The van der Waals surface area contributed by atoms with Crippen molar-refractivity contribution < 1.29 is 9.47 Å². The lowest BCUT2D eigenvalue weighted by Crippen LogP contribution is -2.39. The molecule has 3 aromatic rings. The van der Waals surface area contributed by atoms with Crippen molar-refractivity contribution in [3.63, 3.8) is 0 Å². The standard InChI is InChI=1S/C23H30N4O2.HI/c1-17-7-6-9-20-18(15-27-22(17)20)11-12-25-23(24-2)26-13-14-29-16-19-8-4-5-10-21(19)28-3;/h4-10,15,27H,11-14,16H2,1-3H3,(H2,24,25,26);1H. The highest BCUT2D eigenvalue weighted by atomic mass is 127. The maximum Gasteiger partial charge on any atom is 0.191 e. The van der Waals surface area contributed by atoms with Crippen molar-refractivity contribution in [2.75, 3.05) is 33.9 Å². The lowest BCUT2D eigenvalue weighted by molar-refractivity contribution is 0.123. The van der Waals surface area contributed by atoms with E-state index in [1.54, 1.807) is 14.2 Å². The molecule has 0 radical (unpaired) electrons. The molecule has 1 heterocycles. The summed E-state index contributed by atoms with van der Waals surface area (Å²) < 4.78 is 11.1. The normalized spacial score (nSPS) is 11.2. The smallest absolute Gasteiger partial charge is 0.191 e. The zero-order valence-electron chi connectivity index (χ0n) is 17.8. The topological polar surface area (TPSA) is 70.7 Å². The molecule has 0 atom stereocenters. The number of nitrogens with zero attached hydrogens (tertiary/aromatic N) is 1. The first kappa shape index (κ1) is 24.0. The van der Waals surface area contributed by atoms with E-state index in [1.807, 2.05) is 24.3 Å². The van der Waals surface area contributed by atoms with Crippen molar-refractivity contribution in [2.24, 2.45) is 4.99 Å². The van der Waals surface area contributed by atoms with Gasteiger partial charge in [0.15, 0.2) is 5.96 Å². The first-order valence-corrected chi connectivity index (χ1v) is 9.92. The Morgan fingerprint density at radius 2 is 1.83 bits per heavy atom. The molecular weight excluding hydrogens is 491 g/mol. The number of aryl methyl sites for hydroxylation is 1. The van der Waals surface area contributed by atoms with Gasteiger partial charge < -0.3 is 25.1 Å². The zero-order valence-corrected chi connectivity index (χ0v) is 20.2. The highest BCUT2D eigenvalue weighted by Crippen LogP contribution is 2.21. The number of H-pyrrole nitrogens is 1. The third-order valence-electron chi connectivity index (χ3n) is 4.91. The molecule has 162 valence electrons. The van der Waals surface area contributed by atoms with Crippen molar-refractivity contribution in [3.8, 4) is 5.75 Å². The van der Waals surface area contributed by atoms with Crippen LogP contribution in [0.3, 0.4) is 0 Å². The van der Waals surface area contributed by atoms with E-state index in [0.717, 1.165) is 30.2 Å². The van der Waals surface area contributed by atoms with Crippen LogP contribution in [0.15, 0.2) is 53.7 Å². The van der Waals surface area contributed by atoms with Crippen molar-refractivity contribution in [3.05, 3.63) is 65.4 Å². The second-order valence-electron chi connectivity index (χ2n) is 6.85. The summed E-state index contributed by atoms with van der Waals surface area (Å²) in [6, 6.07) is 14.3. The van der Waals surface area contributed by atoms with E-state index < -0.39 is 0 Å². The first-order chi connectivity index (χ1) is 14.2. The lowest BCUT2D eigenvalue weighted by Gasteiger charge is -2.12. The van der Waals surface area contributed by atoms with Crippen LogP contribution in [-0.2, 0) is 17.8 Å². The number of methoxy groups -OCH3 is 1. The molecule has 0 aliphatic carbocycles. The fourth-order valence-electron chi connectivity index (χ4n) is 3.35. The number of halogens is 1. The summed E-state index contributed by atoms with van der Waals surface area (Å²) in [5.41, 5.74) is 4.85. The minimum atomic E-state index is 0. The summed E-state index contributed by atoms with van der Waals surface area (Å²) in [6.07, 6.45) is 3.02. The quantitative estimate of drug-likeness (QED) is 0.172. The average molecular weight is 522 g/mol. The lowest BCUT2D eigenvalue weighted by atomic mass is 10.1. The van der Waals surface area contributed by atoms with Gasteiger partial charge in [-0.2, -0.15) is 0 Å². The maximum atomic E-state index is 5.75. The Labute approximate surface area is 195 Å². The fraction of sp³-hybridized carbons (Fsp3) is 0.348. The van der Waals surface area contributed by atoms with Crippen molar-refractivity contribution in [1.82, 2.24) is 15.6 Å². The number of rotatable bonds is 9. The van der Waals surface area contributed by atoms with E-state index in [2.05, 4.69) is 51.9 Å². The van der Waals surface area contributed by atoms with E-state index >= 15 is 0 Å². The van der Waals surface area contributed by atoms with Crippen LogP contribution in [0.5, 0.6) is 5.75 Å². The predicted octanol–water partition coefficient (Wildman–Crippen LogP) is 4.03. The summed E-state index contributed by atoms with van der Waals surface area (Å²) in [5.74, 6) is 1.63. The van der Waals surface area contributed by atoms with E-state index in [9.17, 15) is 0 Å². The van der Waals surface area contributed by atoms with Gasteiger partial charge in [-0.1, -0.05) is 36.4 Å². The van der Waals surface area contributed by atoms with Crippen LogP contribution >= 0.6 is 24.0 Å². The third-order valence-corrected chi connectivity index (χ3v) is 4.91. The number of aromatic nitrogens is 1. The molecule has 3 rings (SSSR count). The summed E-state index contributed by atoms with van der Waals surface area (Å²) >= 11 is 0. The van der Waals surface area contributed by atoms with Crippen LogP contribution in [-0.4, -0.2) is 44.8 Å². The molecule has 0 bridgehead atoms. The van der Waals surface area contributed by atoms with Gasteiger partial charge in [-0.05, 0) is 30.5 Å². The number of guanidine groups is 1. The molecule has 2 aromatic carbocycles. The van der Waals surface area contributed by atoms with E-state index in [4.69, 9.17) is 9.47 Å². The van der Waals surface area contributed by atoms with Crippen LogP contribution in [0.4, 0.5) is 0 Å². The molecule has 3 N–H and O–H groups in total. The zero-order chi connectivity index (χ0) is 20.5. The number of fused-ring (bicyclic) bond motifs is 1. The van der Waals surface area contributed by atoms with E-state index in [1.165, 1.54) is 22.0 Å². The van der Waals surface area contributed by atoms with Gasteiger partial charge >= 0.3 is 0 Å². The molecule has 1 aromatic heterocycles. The number of nitrogens with one attached hydrogen (secondary N) is 3. The second-order valence-corrected chi connectivity index (χ2v) is 6.85. The molecular formula is C23H31IN4O2. The van der Waals surface area contributed by atoms with Gasteiger partial charge in [0.25, 0.3) is 0 Å². The number of ether oxygens (including phenoxy) is 2. The molecule has 0 fully saturated rings. The molecule has 0 aliphatic rings. The largest absolute Gasteiger partial charge is 0.496 e.